The Balaban J connectivity index is 2.43. The third-order valence-electron chi connectivity index (χ3n) is 4.06. The second-order valence-electron chi connectivity index (χ2n) is 6.76. The van der Waals surface area contributed by atoms with Crippen LogP contribution in [0.3, 0.4) is 0 Å². The van der Waals surface area contributed by atoms with Gasteiger partial charge in [0.15, 0.2) is 0 Å². The number of anilines is 1. The first kappa shape index (κ1) is 15.2. The zero-order chi connectivity index (χ0) is 15.1. The highest BCUT2D eigenvalue weighted by molar-refractivity contribution is 5.52. The molecule has 20 heavy (non-hydrogen) atoms. The number of rotatable bonds is 2. The average Bonchev–Trinajstić information content (AvgIpc) is 2.32. The minimum absolute atomic E-state index is 0.112. The second-order valence-corrected chi connectivity index (χ2v) is 6.76. The topological polar surface area (TPSA) is 15.3 Å². The van der Waals surface area contributed by atoms with E-state index in [0.717, 1.165) is 6.54 Å². The number of halogens is 2. The lowest BCUT2D eigenvalue weighted by molar-refractivity contribution is 0.275. The van der Waals surface area contributed by atoms with Crippen LogP contribution in [0.4, 0.5) is 14.5 Å². The Morgan fingerprint density at radius 1 is 1.25 bits per heavy atom. The molecule has 1 aliphatic heterocycles. The predicted octanol–water partition coefficient (Wildman–Crippen LogP) is 3.49. The van der Waals surface area contributed by atoms with E-state index in [1.165, 1.54) is 12.1 Å². The maximum Gasteiger partial charge on any atom is 0.146 e. The summed E-state index contributed by atoms with van der Waals surface area (Å²) < 4.78 is 28.1. The van der Waals surface area contributed by atoms with Gasteiger partial charge in [0.1, 0.15) is 11.6 Å². The minimum Gasteiger partial charge on any atom is -0.363 e. The van der Waals surface area contributed by atoms with E-state index in [9.17, 15) is 8.78 Å². The Kier molecular flexibility index (Phi) is 4.05. The number of nitrogens with zero attached hydrogens (tertiary/aromatic N) is 1. The molecule has 0 aromatic heterocycles. The molecule has 0 amide bonds. The summed E-state index contributed by atoms with van der Waals surface area (Å²) in [6, 6.07) is 2.79. The van der Waals surface area contributed by atoms with Crippen LogP contribution in [-0.2, 0) is 0 Å². The predicted molar refractivity (Wildman–Crippen MR) is 79.1 cm³/mol. The van der Waals surface area contributed by atoms with Crippen molar-refractivity contribution in [2.45, 2.75) is 46.2 Å². The number of benzene rings is 1. The standard InChI is InChI=1S/C16H24F2N2/c1-10(2)15-8-19-16(4,5)9-20(15)14-7-12(17)11(3)6-13(14)18/h6-7,10,15,19H,8-9H2,1-5H3. The molecule has 0 radical (unpaired) electrons. The lowest BCUT2D eigenvalue weighted by Crippen LogP contribution is -2.63. The Labute approximate surface area is 120 Å². The highest BCUT2D eigenvalue weighted by Crippen LogP contribution is 2.30. The van der Waals surface area contributed by atoms with Crippen molar-refractivity contribution in [3.8, 4) is 0 Å². The molecule has 2 nitrogen and oxygen atoms in total. The van der Waals surface area contributed by atoms with E-state index >= 15 is 0 Å². The normalized spacial score (nSPS) is 22.4. The van der Waals surface area contributed by atoms with Crippen LogP contribution in [0.5, 0.6) is 0 Å². The summed E-state index contributed by atoms with van der Waals surface area (Å²) in [5, 5.41) is 3.48. The fourth-order valence-electron chi connectivity index (χ4n) is 2.81. The van der Waals surface area contributed by atoms with Crippen molar-refractivity contribution < 1.29 is 8.78 Å². The summed E-state index contributed by atoms with van der Waals surface area (Å²) >= 11 is 0. The van der Waals surface area contributed by atoms with Gasteiger partial charge < -0.3 is 10.2 Å². The zero-order valence-corrected chi connectivity index (χ0v) is 12.9. The number of piperazine rings is 1. The third kappa shape index (κ3) is 2.95. The highest BCUT2D eigenvalue weighted by Gasteiger charge is 2.35. The number of nitrogens with one attached hydrogen (secondary N) is 1. The van der Waals surface area contributed by atoms with Crippen LogP contribution in [0, 0.1) is 24.5 Å². The summed E-state index contributed by atoms with van der Waals surface area (Å²) in [4.78, 5) is 2.01. The van der Waals surface area contributed by atoms with E-state index in [1.54, 1.807) is 6.92 Å². The van der Waals surface area contributed by atoms with Crippen LogP contribution in [0.25, 0.3) is 0 Å². The monoisotopic (exact) mass is 282 g/mol. The Hall–Kier alpha value is -1.16. The summed E-state index contributed by atoms with van der Waals surface area (Å²) in [6.45, 7) is 11.4. The van der Waals surface area contributed by atoms with E-state index in [-0.39, 0.29) is 23.2 Å². The maximum atomic E-state index is 14.3. The summed E-state index contributed by atoms with van der Waals surface area (Å²) in [7, 11) is 0. The molecule has 1 atom stereocenters. The van der Waals surface area contributed by atoms with Crippen molar-refractivity contribution in [3.05, 3.63) is 29.3 Å². The van der Waals surface area contributed by atoms with Gasteiger partial charge in [0.2, 0.25) is 0 Å². The van der Waals surface area contributed by atoms with Gasteiger partial charge in [0, 0.05) is 30.7 Å². The van der Waals surface area contributed by atoms with Crippen LogP contribution < -0.4 is 10.2 Å². The highest BCUT2D eigenvalue weighted by atomic mass is 19.1. The molecule has 1 fully saturated rings. The molecule has 1 heterocycles. The van der Waals surface area contributed by atoms with Gasteiger partial charge >= 0.3 is 0 Å². The van der Waals surface area contributed by atoms with Gasteiger partial charge in [-0.05, 0) is 38.3 Å². The molecular weight excluding hydrogens is 258 g/mol. The molecule has 1 aromatic carbocycles. The SMILES string of the molecule is Cc1cc(F)c(N2CC(C)(C)NCC2C(C)C)cc1F. The lowest BCUT2D eigenvalue weighted by Gasteiger charge is -2.47. The smallest absolute Gasteiger partial charge is 0.146 e. The molecule has 0 spiro atoms. The van der Waals surface area contributed by atoms with Crippen molar-refractivity contribution in [3.63, 3.8) is 0 Å². The molecule has 1 aliphatic rings. The van der Waals surface area contributed by atoms with Crippen molar-refractivity contribution in [1.82, 2.24) is 5.32 Å². The average molecular weight is 282 g/mol. The fraction of sp³-hybridized carbons (Fsp3) is 0.625. The van der Waals surface area contributed by atoms with Gasteiger partial charge in [0.25, 0.3) is 0 Å². The molecule has 112 valence electrons. The van der Waals surface area contributed by atoms with Gasteiger partial charge in [-0.2, -0.15) is 0 Å². The van der Waals surface area contributed by atoms with Crippen LogP contribution in [-0.4, -0.2) is 24.7 Å². The van der Waals surface area contributed by atoms with E-state index < -0.39 is 0 Å². The number of hydrogen-bond acceptors (Lipinski definition) is 2. The van der Waals surface area contributed by atoms with Crippen LogP contribution >= 0.6 is 0 Å². The molecule has 2 rings (SSSR count). The van der Waals surface area contributed by atoms with E-state index in [4.69, 9.17) is 0 Å². The molecule has 1 N–H and O–H groups in total. The fourth-order valence-corrected chi connectivity index (χ4v) is 2.81. The van der Waals surface area contributed by atoms with Crippen LogP contribution in [0.1, 0.15) is 33.3 Å². The molecule has 0 saturated carbocycles. The Bertz CT molecular complexity index is 497. The molecule has 0 bridgehead atoms. The van der Waals surface area contributed by atoms with Crippen LogP contribution in [0.15, 0.2) is 12.1 Å². The van der Waals surface area contributed by atoms with Crippen LogP contribution in [0.2, 0.25) is 0 Å². The van der Waals surface area contributed by atoms with Crippen molar-refractivity contribution in [1.29, 1.82) is 0 Å². The first-order valence-electron chi connectivity index (χ1n) is 7.18. The summed E-state index contributed by atoms with van der Waals surface area (Å²) in [5.74, 6) is -0.324. The molecule has 4 heteroatoms. The second kappa shape index (κ2) is 5.32. The van der Waals surface area contributed by atoms with E-state index in [2.05, 4.69) is 33.0 Å². The van der Waals surface area contributed by atoms with E-state index in [1.807, 2.05) is 4.90 Å². The molecule has 0 aliphatic carbocycles. The zero-order valence-electron chi connectivity index (χ0n) is 12.9. The van der Waals surface area contributed by atoms with Crippen molar-refractivity contribution in [2.24, 2.45) is 5.92 Å². The Morgan fingerprint density at radius 2 is 1.90 bits per heavy atom. The minimum atomic E-state index is -0.347. The van der Waals surface area contributed by atoms with Gasteiger partial charge in [-0.3, -0.25) is 0 Å². The van der Waals surface area contributed by atoms with Crippen molar-refractivity contribution >= 4 is 5.69 Å². The molecule has 1 aromatic rings. The van der Waals surface area contributed by atoms with Crippen molar-refractivity contribution in [2.75, 3.05) is 18.0 Å². The maximum absolute atomic E-state index is 14.3. The van der Waals surface area contributed by atoms with Gasteiger partial charge in [-0.1, -0.05) is 13.8 Å². The van der Waals surface area contributed by atoms with Gasteiger partial charge in [-0.25, -0.2) is 8.78 Å². The first-order chi connectivity index (χ1) is 9.21. The molecule has 1 unspecified atom stereocenters. The quantitative estimate of drug-likeness (QED) is 0.893. The Morgan fingerprint density at radius 3 is 2.50 bits per heavy atom. The largest absolute Gasteiger partial charge is 0.363 e. The van der Waals surface area contributed by atoms with E-state index in [0.29, 0.717) is 23.7 Å². The molecular formula is C16H24F2N2. The summed E-state index contributed by atoms with van der Waals surface area (Å²) in [5.41, 5.74) is 0.613. The number of aryl methyl sites for hydroxylation is 1. The first-order valence-corrected chi connectivity index (χ1v) is 7.18. The lowest BCUT2D eigenvalue weighted by atomic mass is 9.92. The summed E-state index contributed by atoms with van der Waals surface area (Å²) in [6.07, 6.45) is 0. The third-order valence-corrected chi connectivity index (χ3v) is 4.06. The van der Waals surface area contributed by atoms with Gasteiger partial charge in [0.05, 0.1) is 5.69 Å². The number of hydrogen-bond donors (Lipinski definition) is 1. The van der Waals surface area contributed by atoms with Gasteiger partial charge in [-0.15, -0.1) is 0 Å². The molecule has 1 saturated heterocycles.